The van der Waals surface area contributed by atoms with E-state index >= 15 is 0 Å². The van der Waals surface area contributed by atoms with Crippen molar-refractivity contribution in [1.82, 2.24) is 25.1 Å². The van der Waals surface area contributed by atoms with E-state index in [1.807, 2.05) is 11.7 Å². The van der Waals surface area contributed by atoms with Gasteiger partial charge in [0, 0.05) is 39.3 Å². The maximum Gasteiger partial charge on any atom is 0.253 e. The van der Waals surface area contributed by atoms with E-state index in [-0.39, 0.29) is 5.91 Å². The summed E-state index contributed by atoms with van der Waals surface area (Å²) < 4.78 is 26.7. The first-order valence-corrected chi connectivity index (χ1v) is 12.6. The molecule has 9 heteroatoms. The van der Waals surface area contributed by atoms with Crippen LogP contribution in [0.4, 0.5) is 8.78 Å². The predicted octanol–water partition coefficient (Wildman–Crippen LogP) is 3.18. The molecule has 0 spiro atoms. The van der Waals surface area contributed by atoms with Crippen LogP contribution >= 0.6 is 0 Å². The Bertz CT molecular complexity index is 1170. The zero-order valence-electron chi connectivity index (χ0n) is 20.2. The third-order valence-corrected chi connectivity index (χ3v) is 7.14. The third kappa shape index (κ3) is 4.74. The lowest BCUT2D eigenvalue weighted by atomic mass is 9.93. The second-order valence-corrected chi connectivity index (χ2v) is 9.44. The van der Waals surface area contributed by atoms with Gasteiger partial charge < -0.3 is 5.32 Å². The van der Waals surface area contributed by atoms with E-state index in [2.05, 4.69) is 25.3 Å². The number of fused-ring (bicyclic) bond motifs is 3. The van der Waals surface area contributed by atoms with E-state index in [1.165, 1.54) is 17.7 Å². The van der Waals surface area contributed by atoms with Gasteiger partial charge in [0.15, 0.2) is 11.6 Å². The van der Waals surface area contributed by atoms with Crippen LogP contribution in [0.25, 0.3) is 11.4 Å². The molecule has 7 nitrogen and oxygen atoms in total. The standard InChI is InChI=1S/C26H32F2N6O/c1-2-10-29-26(35)23-19-5-3-4-6-20(19)25-24(23)30-17-31-34(25)33-14-12-32(13-15-33)11-9-18-7-8-21(27)22(28)16-18/h7-8,16-17H,2-6,9-15H2,1H3,(H,29,35). The first-order chi connectivity index (χ1) is 17.1. The monoisotopic (exact) mass is 482 g/mol. The summed E-state index contributed by atoms with van der Waals surface area (Å²) >= 11 is 0. The summed E-state index contributed by atoms with van der Waals surface area (Å²) in [6.45, 7) is 6.74. The number of nitrogens with one attached hydrogen (secondary N) is 1. The van der Waals surface area contributed by atoms with Crippen LogP contribution in [0, 0.1) is 11.6 Å². The van der Waals surface area contributed by atoms with Crippen molar-refractivity contribution in [2.75, 3.05) is 44.3 Å². The molecule has 0 bridgehead atoms. The Morgan fingerprint density at radius 2 is 1.83 bits per heavy atom. The van der Waals surface area contributed by atoms with E-state index in [0.29, 0.717) is 13.0 Å². The van der Waals surface area contributed by atoms with E-state index in [9.17, 15) is 13.6 Å². The molecule has 1 aromatic rings. The topological polar surface area (TPSA) is 66.3 Å². The molecule has 35 heavy (non-hydrogen) atoms. The van der Waals surface area contributed by atoms with Gasteiger partial charge in [-0.2, -0.15) is 4.79 Å². The molecule has 2 aliphatic carbocycles. The molecular weight excluding hydrogens is 450 g/mol. The molecule has 0 unspecified atom stereocenters. The van der Waals surface area contributed by atoms with Crippen LogP contribution in [-0.4, -0.2) is 64.9 Å². The molecule has 1 saturated heterocycles. The van der Waals surface area contributed by atoms with Crippen molar-refractivity contribution < 1.29 is 13.6 Å². The fourth-order valence-corrected chi connectivity index (χ4v) is 5.30. The van der Waals surface area contributed by atoms with E-state index in [0.717, 1.165) is 92.9 Å². The maximum absolute atomic E-state index is 13.5. The first kappa shape index (κ1) is 23.7. The number of carbonyl (C=O) groups excluding carboxylic acids is 1. The molecule has 2 aliphatic heterocycles. The van der Waals surface area contributed by atoms with Gasteiger partial charge in [-0.15, -0.1) is 5.10 Å². The van der Waals surface area contributed by atoms with Crippen molar-refractivity contribution >= 4 is 5.91 Å². The number of rotatable bonds is 7. The minimum absolute atomic E-state index is 0.0349. The number of piperazine rings is 1. The van der Waals surface area contributed by atoms with Gasteiger partial charge >= 0.3 is 0 Å². The van der Waals surface area contributed by atoms with Crippen molar-refractivity contribution in [1.29, 1.82) is 0 Å². The van der Waals surface area contributed by atoms with Crippen LogP contribution in [0.15, 0.2) is 24.5 Å². The largest absolute Gasteiger partial charge is 0.352 e. The molecular formula is C26H32F2N6O. The van der Waals surface area contributed by atoms with Gasteiger partial charge in [-0.05, 0) is 67.3 Å². The minimum atomic E-state index is -0.809. The van der Waals surface area contributed by atoms with E-state index in [4.69, 9.17) is 0 Å². The fourth-order valence-electron chi connectivity index (χ4n) is 5.30. The highest BCUT2D eigenvalue weighted by molar-refractivity contribution is 6.03. The number of amides is 1. The Labute approximate surface area is 204 Å². The molecule has 0 radical (unpaired) electrons. The third-order valence-electron chi connectivity index (χ3n) is 7.14. The zero-order chi connectivity index (χ0) is 24.4. The molecule has 0 saturated carbocycles. The number of hydrogen-bond acceptors (Lipinski definition) is 5. The van der Waals surface area contributed by atoms with Crippen LogP contribution in [0.5, 0.6) is 0 Å². The van der Waals surface area contributed by atoms with Crippen LogP contribution in [-0.2, 0) is 19.3 Å². The van der Waals surface area contributed by atoms with Crippen molar-refractivity contribution in [3.05, 3.63) is 58.4 Å². The molecule has 186 valence electrons. The minimum Gasteiger partial charge on any atom is -0.352 e. The number of aromatic nitrogens is 3. The Hall–Kier alpha value is -3.07. The summed E-state index contributed by atoms with van der Waals surface area (Å²) in [6, 6.07) is 4.12. The number of benzene rings is 1. The summed E-state index contributed by atoms with van der Waals surface area (Å²) in [7, 11) is 0. The average molecular weight is 483 g/mol. The molecule has 1 aromatic carbocycles. The van der Waals surface area contributed by atoms with Crippen LogP contribution in [0.1, 0.15) is 53.2 Å². The van der Waals surface area contributed by atoms with Gasteiger partial charge in [0.2, 0.25) is 0 Å². The Kier molecular flexibility index (Phi) is 6.95. The molecule has 2 heterocycles. The summed E-state index contributed by atoms with van der Waals surface area (Å²) in [4.78, 5) is 21.9. The molecule has 1 N–H and O–H groups in total. The maximum atomic E-state index is 13.5. The molecule has 0 aromatic heterocycles. The van der Waals surface area contributed by atoms with Crippen LogP contribution in [0.2, 0.25) is 0 Å². The highest BCUT2D eigenvalue weighted by atomic mass is 19.2. The lowest BCUT2D eigenvalue weighted by Gasteiger charge is -2.37. The van der Waals surface area contributed by atoms with Crippen molar-refractivity contribution in [3.8, 4) is 11.4 Å². The average Bonchev–Trinajstić information content (AvgIpc) is 3.23. The Morgan fingerprint density at radius 1 is 1.06 bits per heavy atom. The SMILES string of the molecule is CCCNC(=O)c1c2ncnn(N3CCN(CCc4ccc(F)c(F)c4)CC3)c-2c2c1CCCC2. The van der Waals surface area contributed by atoms with E-state index in [1.54, 1.807) is 12.4 Å². The second-order valence-electron chi connectivity index (χ2n) is 9.44. The Balaban J connectivity index is 1.32. The first-order valence-electron chi connectivity index (χ1n) is 12.6. The molecule has 1 amide bonds. The van der Waals surface area contributed by atoms with Gasteiger partial charge in [-0.3, -0.25) is 14.7 Å². The summed E-state index contributed by atoms with van der Waals surface area (Å²) in [6.07, 6.45) is 7.15. The lowest BCUT2D eigenvalue weighted by Crippen LogP contribution is -2.52. The van der Waals surface area contributed by atoms with Crippen molar-refractivity contribution in [2.45, 2.75) is 45.4 Å². The Morgan fingerprint density at radius 3 is 2.57 bits per heavy atom. The number of carbonyl (C=O) groups is 1. The highest BCUT2D eigenvalue weighted by Crippen LogP contribution is 2.39. The lowest BCUT2D eigenvalue weighted by molar-refractivity contribution is 0.0953. The quantitative estimate of drug-likeness (QED) is 0.561. The predicted molar refractivity (Wildman–Crippen MR) is 130 cm³/mol. The second kappa shape index (κ2) is 10.3. The molecule has 1 fully saturated rings. The number of hydrogen-bond donors (Lipinski definition) is 1. The van der Waals surface area contributed by atoms with Gasteiger partial charge in [0.1, 0.15) is 17.7 Å². The highest BCUT2D eigenvalue weighted by Gasteiger charge is 2.33. The van der Waals surface area contributed by atoms with Crippen molar-refractivity contribution in [2.24, 2.45) is 0 Å². The van der Waals surface area contributed by atoms with Gasteiger partial charge in [0.25, 0.3) is 5.91 Å². The smallest absolute Gasteiger partial charge is 0.253 e. The number of nitrogens with zero attached hydrogens (tertiary/aromatic N) is 5. The van der Waals surface area contributed by atoms with Crippen LogP contribution < -0.4 is 10.3 Å². The molecule has 5 rings (SSSR count). The molecule has 4 aliphatic rings. The zero-order valence-corrected chi connectivity index (χ0v) is 20.2. The van der Waals surface area contributed by atoms with Gasteiger partial charge in [0.05, 0.1) is 5.56 Å². The van der Waals surface area contributed by atoms with Crippen LogP contribution in [0.3, 0.4) is 0 Å². The van der Waals surface area contributed by atoms with Gasteiger partial charge in [-0.1, -0.05) is 13.0 Å². The summed E-state index contributed by atoms with van der Waals surface area (Å²) in [5.74, 6) is -1.64. The molecule has 0 atom stereocenters. The normalized spacial score (nSPS) is 16.5. The summed E-state index contributed by atoms with van der Waals surface area (Å²) in [5, 5.41) is 9.88. The fraction of sp³-hybridized carbons (Fsp3) is 0.500. The van der Waals surface area contributed by atoms with Crippen molar-refractivity contribution in [3.63, 3.8) is 0 Å². The number of halogens is 2. The van der Waals surface area contributed by atoms with E-state index < -0.39 is 11.6 Å². The summed E-state index contributed by atoms with van der Waals surface area (Å²) in [5.41, 5.74) is 5.61. The van der Waals surface area contributed by atoms with Gasteiger partial charge in [-0.25, -0.2) is 13.8 Å².